The molecule has 0 aromatic rings. The summed E-state index contributed by atoms with van der Waals surface area (Å²) < 4.78 is 0. The van der Waals surface area contributed by atoms with E-state index < -0.39 is 12.2 Å². The highest BCUT2D eigenvalue weighted by Gasteiger charge is 2.15. The fourth-order valence-corrected chi connectivity index (χ4v) is 2.56. The minimum atomic E-state index is -0.599. The predicted octanol–water partition coefficient (Wildman–Crippen LogP) is 4.22. The Kier molecular flexibility index (Phi) is 15.5. The van der Waals surface area contributed by atoms with Crippen LogP contribution in [0.1, 0.15) is 89.9 Å². The van der Waals surface area contributed by atoms with Crippen molar-refractivity contribution in [2.75, 3.05) is 0 Å². The van der Waals surface area contributed by atoms with Gasteiger partial charge in [0, 0.05) is 12.8 Å². The van der Waals surface area contributed by atoms with E-state index >= 15 is 0 Å². The molecule has 0 aromatic carbocycles. The van der Waals surface area contributed by atoms with Crippen LogP contribution in [0, 0.1) is 22.7 Å². The minimum absolute atomic E-state index is 0.599. The Balaban J connectivity index is 3.38. The third-order valence-electron chi connectivity index (χ3n) is 4.02. The molecule has 0 amide bonds. The number of hydrogen-bond acceptors (Lipinski definition) is 4. The molecule has 0 spiro atoms. The van der Waals surface area contributed by atoms with Gasteiger partial charge in [-0.05, 0) is 25.7 Å². The van der Waals surface area contributed by atoms with Crippen LogP contribution in [0.25, 0.3) is 0 Å². The fourth-order valence-electron chi connectivity index (χ4n) is 2.56. The Labute approximate surface area is 135 Å². The molecule has 0 unspecified atom stereocenters. The summed E-state index contributed by atoms with van der Waals surface area (Å²) >= 11 is 0. The van der Waals surface area contributed by atoms with Crippen LogP contribution in [0.2, 0.25) is 0 Å². The van der Waals surface area contributed by atoms with Gasteiger partial charge in [0.15, 0.2) is 0 Å². The summed E-state index contributed by atoms with van der Waals surface area (Å²) in [7, 11) is 0. The standard InChI is InChI=1S/C18H32N2O2/c19-15-11-7-3-1-5-9-13-17(21)18(22)14-10-6-2-4-8-12-16-20/h17-18,21-22H,1-14H2/t17-,18+. The molecule has 0 saturated carbocycles. The Hall–Kier alpha value is -1.10. The van der Waals surface area contributed by atoms with E-state index in [9.17, 15) is 10.2 Å². The number of nitriles is 2. The highest BCUT2D eigenvalue weighted by molar-refractivity contribution is 4.70. The Morgan fingerprint density at radius 2 is 0.864 bits per heavy atom. The van der Waals surface area contributed by atoms with Crippen LogP contribution in [0.4, 0.5) is 0 Å². The summed E-state index contributed by atoms with van der Waals surface area (Å²) in [6.07, 6.45) is 11.7. The third-order valence-corrected chi connectivity index (χ3v) is 4.02. The van der Waals surface area contributed by atoms with E-state index in [0.29, 0.717) is 25.7 Å². The molecule has 0 saturated heterocycles. The van der Waals surface area contributed by atoms with Gasteiger partial charge in [-0.15, -0.1) is 0 Å². The molecule has 4 nitrogen and oxygen atoms in total. The molecule has 0 fully saturated rings. The summed E-state index contributed by atoms with van der Waals surface area (Å²) in [4.78, 5) is 0. The zero-order chi connectivity index (χ0) is 16.5. The predicted molar refractivity (Wildman–Crippen MR) is 87.9 cm³/mol. The first kappa shape index (κ1) is 20.9. The van der Waals surface area contributed by atoms with Crippen LogP contribution in [0.3, 0.4) is 0 Å². The number of aliphatic hydroxyl groups excluding tert-OH is 2. The monoisotopic (exact) mass is 308 g/mol. The molecule has 0 rings (SSSR count). The molecule has 0 aliphatic carbocycles. The van der Waals surface area contributed by atoms with Crippen molar-refractivity contribution in [2.45, 2.75) is 102 Å². The van der Waals surface area contributed by atoms with E-state index in [1.54, 1.807) is 0 Å². The smallest absolute Gasteiger partial charge is 0.0799 e. The highest BCUT2D eigenvalue weighted by Crippen LogP contribution is 2.15. The minimum Gasteiger partial charge on any atom is -0.390 e. The molecule has 22 heavy (non-hydrogen) atoms. The van der Waals surface area contributed by atoms with E-state index in [1.165, 1.54) is 0 Å². The lowest BCUT2D eigenvalue weighted by atomic mass is 9.99. The first-order valence-corrected chi connectivity index (χ1v) is 8.82. The molecular weight excluding hydrogens is 276 g/mol. The summed E-state index contributed by atoms with van der Waals surface area (Å²) in [5.74, 6) is 0. The van der Waals surface area contributed by atoms with Crippen molar-refractivity contribution in [3.63, 3.8) is 0 Å². The first-order valence-electron chi connectivity index (χ1n) is 8.82. The molecule has 2 N–H and O–H groups in total. The van der Waals surface area contributed by atoms with Gasteiger partial charge in [0.1, 0.15) is 0 Å². The highest BCUT2D eigenvalue weighted by atomic mass is 16.3. The van der Waals surface area contributed by atoms with Gasteiger partial charge in [-0.3, -0.25) is 0 Å². The van der Waals surface area contributed by atoms with Gasteiger partial charge >= 0.3 is 0 Å². The molecule has 0 aliphatic rings. The molecule has 126 valence electrons. The lowest BCUT2D eigenvalue weighted by Crippen LogP contribution is -2.25. The zero-order valence-corrected chi connectivity index (χ0v) is 13.8. The van der Waals surface area contributed by atoms with Crippen molar-refractivity contribution in [1.29, 1.82) is 10.5 Å². The van der Waals surface area contributed by atoms with E-state index in [4.69, 9.17) is 10.5 Å². The average Bonchev–Trinajstić information content (AvgIpc) is 2.52. The van der Waals surface area contributed by atoms with Crippen LogP contribution in [0.15, 0.2) is 0 Å². The van der Waals surface area contributed by atoms with Crippen molar-refractivity contribution in [3.05, 3.63) is 0 Å². The molecule has 0 heterocycles. The maximum atomic E-state index is 9.90. The lowest BCUT2D eigenvalue weighted by Gasteiger charge is -2.17. The second-order valence-corrected chi connectivity index (χ2v) is 6.06. The van der Waals surface area contributed by atoms with Crippen LogP contribution in [0.5, 0.6) is 0 Å². The molecule has 0 bridgehead atoms. The average molecular weight is 308 g/mol. The number of rotatable bonds is 15. The van der Waals surface area contributed by atoms with Gasteiger partial charge < -0.3 is 10.2 Å². The Morgan fingerprint density at radius 3 is 1.23 bits per heavy atom. The molecule has 4 heteroatoms. The van der Waals surface area contributed by atoms with Crippen molar-refractivity contribution in [1.82, 2.24) is 0 Å². The number of unbranched alkanes of at least 4 members (excludes halogenated alkanes) is 10. The summed E-state index contributed by atoms with van der Waals surface area (Å²) in [6, 6.07) is 4.29. The maximum Gasteiger partial charge on any atom is 0.0799 e. The Bertz CT molecular complexity index is 288. The SMILES string of the molecule is N#CCCCCCCC[C@@H](O)[C@@H](O)CCCCCCCC#N. The quantitative estimate of drug-likeness (QED) is 0.443. The van der Waals surface area contributed by atoms with Gasteiger partial charge in [0.05, 0.1) is 24.3 Å². The summed E-state index contributed by atoms with van der Waals surface area (Å²) in [5, 5.41) is 36.6. The lowest BCUT2D eigenvalue weighted by molar-refractivity contribution is 0.00712. The molecule has 2 atom stereocenters. The van der Waals surface area contributed by atoms with Gasteiger partial charge in [-0.25, -0.2) is 0 Å². The van der Waals surface area contributed by atoms with Crippen LogP contribution in [-0.2, 0) is 0 Å². The summed E-state index contributed by atoms with van der Waals surface area (Å²) in [6.45, 7) is 0. The van der Waals surface area contributed by atoms with Gasteiger partial charge in [-0.1, -0.05) is 51.4 Å². The van der Waals surface area contributed by atoms with E-state index in [0.717, 1.165) is 64.2 Å². The maximum absolute atomic E-state index is 9.90. The van der Waals surface area contributed by atoms with Gasteiger partial charge in [-0.2, -0.15) is 10.5 Å². The molecular formula is C18H32N2O2. The largest absolute Gasteiger partial charge is 0.390 e. The van der Waals surface area contributed by atoms with E-state index in [-0.39, 0.29) is 0 Å². The van der Waals surface area contributed by atoms with E-state index in [1.807, 2.05) is 0 Å². The van der Waals surface area contributed by atoms with Crippen molar-refractivity contribution < 1.29 is 10.2 Å². The van der Waals surface area contributed by atoms with Gasteiger partial charge in [0.25, 0.3) is 0 Å². The van der Waals surface area contributed by atoms with Crippen LogP contribution in [-0.4, -0.2) is 22.4 Å². The van der Waals surface area contributed by atoms with Crippen molar-refractivity contribution >= 4 is 0 Å². The number of nitrogens with zero attached hydrogens (tertiary/aromatic N) is 2. The number of aliphatic hydroxyl groups is 2. The van der Waals surface area contributed by atoms with Crippen molar-refractivity contribution in [2.24, 2.45) is 0 Å². The van der Waals surface area contributed by atoms with Crippen LogP contribution < -0.4 is 0 Å². The third kappa shape index (κ3) is 13.9. The van der Waals surface area contributed by atoms with Gasteiger partial charge in [0.2, 0.25) is 0 Å². The normalized spacial score (nSPS) is 13.3. The topological polar surface area (TPSA) is 88.0 Å². The zero-order valence-electron chi connectivity index (χ0n) is 13.8. The Morgan fingerprint density at radius 1 is 0.545 bits per heavy atom. The van der Waals surface area contributed by atoms with E-state index in [2.05, 4.69) is 12.1 Å². The second kappa shape index (κ2) is 16.3. The molecule has 0 aliphatic heterocycles. The second-order valence-electron chi connectivity index (χ2n) is 6.06. The first-order chi connectivity index (χ1) is 10.7. The fraction of sp³-hybridized carbons (Fsp3) is 0.889. The van der Waals surface area contributed by atoms with Crippen LogP contribution >= 0.6 is 0 Å². The molecule has 0 radical (unpaired) electrons. The van der Waals surface area contributed by atoms with Crippen molar-refractivity contribution in [3.8, 4) is 12.1 Å². The molecule has 0 aromatic heterocycles. The number of hydrogen-bond donors (Lipinski definition) is 2. The summed E-state index contributed by atoms with van der Waals surface area (Å²) in [5.41, 5.74) is 0.